The van der Waals surface area contributed by atoms with Gasteiger partial charge in [-0.3, -0.25) is 0 Å². The average Bonchev–Trinajstić information content (AvgIpc) is 2.05. The van der Waals surface area contributed by atoms with Gasteiger partial charge in [0, 0.05) is 6.61 Å². The highest BCUT2D eigenvalue weighted by Gasteiger charge is 2.12. The predicted molar refractivity (Wildman–Crippen MR) is 52.5 cm³/mol. The summed E-state index contributed by atoms with van der Waals surface area (Å²) < 4.78 is 5.31. The molecule has 0 aromatic rings. The summed E-state index contributed by atoms with van der Waals surface area (Å²) in [7, 11) is 0. The molecular formula is C10H19ClO. The number of ether oxygens (including phenoxy) is 1. The van der Waals surface area contributed by atoms with Crippen LogP contribution in [0.5, 0.6) is 0 Å². The zero-order chi connectivity index (χ0) is 8.81. The van der Waals surface area contributed by atoms with E-state index >= 15 is 0 Å². The fraction of sp³-hybridized carbons (Fsp3) is 1.00. The summed E-state index contributed by atoms with van der Waals surface area (Å²) in [5.41, 5.74) is -0.117. The lowest BCUT2D eigenvalue weighted by molar-refractivity contribution is 0.100. The molecule has 0 bridgehead atoms. The van der Waals surface area contributed by atoms with Gasteiger partial charge in [-0.2, -0.15) is 0 Å². The van der Waals surface area contributed by atoms with Crippen LogP contribution in [0, 0.1) is 5.92 Å². The minimum atomic E-state index is -0.117. The number of hydrogen-bond acceptors (Lipinski definition) is 1. The van der Waals surface area contributed by atoms with Gasteiger partial charge in [0.05, 0.1) is 0 Å². The van der Waals surface area contributed by atoms with Gasteiger partial charge in [-0.1, -0.05) is 43.7 Å². The molecule has 1 rings (SSSR count). The molecule has 0 aromatic carbocycles. The summed E-state index contributed by atoms with van der Waals surface area (Å²) in [6.45, 7) is 2.72. The molecule has 0 N–H and O–H groups in total. The van der Waals surface area contributed by atoms with Crippen LogP contribution in [0.15, 0.2) is 0 Å². The minimum absolute atomic E-state index is 0.117. The average molecular weight is 191 g/mol. The Bertz CT molecular complexity index is 108. The first kappa shape index (κ1) is 10.3. The molecule has 1 saturated carbocycles. The Morgan fingerprint density at radius 2 is 2.00 bits per heavy atom. The van der Waals surface area contributed by atoms with Gasteiger partial charge in [-0.05, 0) is 19.3 Å². The highest BCUT2D eigenvalue weighted by Crippen LogP contribution is 2.26. The zero-order valence-electron chi connectivity index (χ0n) is 7.89. The van der Waals surface area contributed by atoms with E-state index in [1.807, 2.05) is 6.92 Å². The maximum Gasteiger partial charge on any atom is 0.128 e. The Morgan fingerprint density at radius 1 is 1.33 bits per heavy atom. The van der Waals surface area contributed by atoms with Crippen molar-refractivity contribution in [2.24, 2.45) is 5.92 Å². The van der Waals surface area contributed by atoms with Crippen LogP contribution in [0.4, 0.5) is 0 Å². The lowest BCUT2D eigenvalue weighted by atomic mass is 9.87. The number of rotatable bonds is 4. The standard InChI is InChI=1S/C10H19ClO/c1-9(11)12-8-7-10-5-3-2-4-6-10/h9-10H,2-8H2,1H3. The molecule has 12 heavy (non-hydrogen) atoms. The Balaban J connectivity index is 1.98. The van der Waals surface area contributed by atoms with Crippen molar-refractivity contribution in [1.82, 2.24) is 0 Å². The van der Waals surface area contributed by atoms with Gasteiger partial charge in [-0.25, -0.2) is 0 Å². The lowest BCUT2D eigenvalue weighted by Crippen LogP contribution is -2.11. The van der Waals surface area contributed by atoms with Crippen molar-refractivity contribution in [1.29, 1.82) is 0 Å². The zero-order valence-corrected chi connectivity index (χ0v) is 8.65. The summed E-state index contributed by atoms with van der Waals surface area (Å²) in [6, 6.07) is 0. The highest BCUT2D eigenvalue weighted by molar-refractivity contribution is 6.19. The van der Waals surface area contributed by atoms with Crippen LogP contribution in [-0.4, -0.2) is 12.2 Å². The molecule has 1 atom stereocenters. The third-order valence-electron chi connectivity index (χ3n) is 2.60. The first-order valence-corrected chi connectivity index (χ1v) is 5.48. The molecule has 0 amide bonds. The van der Waals surface area contributed by atoms with E-state index in [4.69, 9.17) is 16.3 Å². The van der Waals surface area contributed by atoms with Crippen molar-refractivity contribution in [2.75, 3.05) is 6.61 Å². The molecule has 0 aliphatic heterocycles. The monoisotopic (exact) mass is 190 g/mol. The van der Waals surface area contributed by atoms with Gasteiger partial charge in [0.25, 0.3) is 0 Å². The third kappa shape index (κ3) is 4.32. The van der Waals surface area contributed by atoms with Crippen molar-refractivity contribution < 1.29 is 4.74 Å². The summed E-state index contributed by atoms with van der Waals surface area (Å²) >= 11 is 5.67. The Kier molecular flexibility index (Phi) is 5.01. The van der Waals surface area contributed by atoms with Crippen molar-refractivity contribution >= 4 is 11.6 Å². The van der Waals surface area contributed by atoms with Crippen LogP contribution in [0.2, 0.25) is 0 Å². The van der Waals surface area contributed by atoms with Gasteiger partial charge < -0.3 is 4.74 Å². The molecule has 2 heteroatoms. The fourth-order valence-electron chi connectivity index (χ4n) is 1.87. The predicted octanol–water partition coefficient (Wildman–Crippen LogP) is 3.56. The van der Waals surface area contributed by atoms with Gasteiger partial charge in [0.15, 0.2) is 0 Å². The van der Waals surface area contributed by atoms with E-state index in [-0.39, 0.29) is 5.56 Å². The van der Waals surface area contributed by atoms with E-state index in [2.05, 4.69) is 0 Å². The van der Waals surface area contributed by atoms with Crippen LogP contribution in [0.25, 0.3) is 0 Å². The maximum atomic E-state index is 5.67. The van der Waals surface area contributed by atoms with E-state index < -0.39 is 0 Å². The second-order valence-electron chi connectivity index (χ2n) is 3.71. The lowest BCUT2D eigenvalue weighted by Gasteiger charge is -2.21. The molecule has 1 aliphatic carbocycles. The van der Waals surface area contributed by atoms with E-state index in [0.717, 1.165) is 12.5 Å². The minimum Gasteiger partial charge on any atom is -0.363 e. The van der Waals surface area contributed by atoms with E-state index in [1.54, 1.807) is 0 Å². The molecule has 1 aliphatic rings. The third-order valence-corrected chi connectivity index (χ3v) is 2.72. The largest absolute Gasteiger partial charge is 0.363 e. The molecule has 1 fully saturated rings. The first-order chi connectivity index (χ1) is 5.79. The van der Waals surface area contributed by atoms with E-state index in [1.165, 1.54) is 38.5 Å². The van der Waals surface area contributed by atoms with Crippen molar-refractivity contribution in [2.45, 2.75) is 51.0 Å². The molecule has 72 valence electrons. The van der Waals surface area contributed by atoms with Crippen LogP contribution >= 0.6 is 11.6 Å². The Hall–Kier alpha value is 0.250. The smallest absolute Gasteiger partial charge is 0.128 e. The fourth-order valence-corrected chi connectivity index (χ4v) is 1.96. The molecular weight excluding hydrogens is 172 g/mol. The molecule has 1 nitrogen and oxygen atoms in total. The number of alkyl halides is 1. The van der Waals surface area contributed by atoms with E-state index in [9.17, 15) is 0 Å². The van der Waals surface area contributed by atoms with Crippen molar-refractivity contribution in [3.8, 4) is 0 Å². The second kappa shape index (κ2) is 5.82. The van der Waals surface area contributed by atoms with Gasteiger partial charge in [0.2, 0.25) is 0 Å². The molecule has 0 radical (unpaired) electrons. The van der Waals surface area contributed by atoms with Crippen molar-refractivity contribution in [3.63, 3.8) is 0 Å². The topological polar surface area (TPSA) is 9.23 Å². The van der Waals surface area contributed by atoms with Crippen LogP contribution < -0.4 is 0 Å². The quantitative estimate of drug-likeness (QED) is 0.616. The molecule has 0 heterocycles. The first-order valence-electron chi connectivity index (χ1n) is 5.04. The van der Waals surface area contributed by atoms with Crippen LogP contribution in [-0.2, 0) is 4.74 Å². The van der Waals surface area contributed by atoms with Crippen LogP contribution in [0.3, 0.4) is 0 Å². The summed E-state index contributed by atoms with van der Waals surface area (Å²) in [5.74, 6) is 0.911. The summed E-state index contributed by atoms with van der Waals surface area (Å²) in [6.07, 6.45) is 8.28. The highest BCUT2D eigenvalue weighted by atomic mass is 35.5. The summed E-state index contributed by atoms with van der Waals surface area (Å²) in [5, 5.41) is 0. The van der Waals surface area contributed by atoms with Gasteiger partial charge in [-0.15, -0.1) is 0 Å². The number of hydrogen-bond donors (Lipinski definition) is 0. The van der Waals surface area contributed by atoms with Crippen LogP contribution in [0.1, 0.15) is 45.4 Å². The Morgan fingerprint density at radius 3 is 2.58 bits per heavy atom. The molecule has 0 saturated heterocycles. The normalized spacial score (nSPS) is 22.5. The van der Waals surface area contributed by atoms with Gasteiger partial charge in [0.1, 0.15) is 5.56 Å². The molecule has 0 aromatic heterocycles. The number of halogens is 1. The van der Waals surface area contributed by atoms with Gasteiger partial charge >= 0.3 is 0 Å². The SMILES string of the molecule is CC(Cl)OCCC1CCCCC1. The maximum absolute atomic E-state index is 5.67. The molecule has 0 spiro atoms. The summed E-state index contributed by atoms with van der Waals surface area (Å²) in [4.78, 5) is 0. The van der Waals surface area contributed by atoms with E-state index in [0.29, 0.717) is 0 Å². The second-order valence-corrected chi connectivity index (χ2v) is 4.32. The Labute approximate surface area is 80.4 Å². The van der Waals surface area contributed by atoms with Crippen molar-refractivity contribution in [3.05, 3.63) is 0 Å². The molecule has 1 unspecified atom stereocenters.